The molecule has 0 bridgehead atoms. The maximum absolute atomic E-state index is 6.88. The van der Waals surface area contributed by atoms with Gasteiger partial charge in [0.15, 0.2) is 9.75 Å². The SMILES string of the molecule is [3H]O[Si](C)(C)CCCOCOCCOC. The molecule has 0 saturated carbocycles. The van der Waals surface area contributed by atoms with Crippen LogP contribution in [-0.4, -0.2) is 48.3 Å². The Bertz CT molecular complexity index is 146. The molecule has 14 heavy (non-hydrogen) atoms. The Morgan fingerprint density at radius 3 is 2.57 bits per heavy atom. The van der Waals surface area contributed by atoms with Gasteiger partial charge in [-0.15, -0.1) is 0 Å². The summed E-state index contributed by atoms with van der Waals surface area (Å²) in [5.41, 5.74) is 0. The second-order valence-electron chi connectivity index (χ2n) is 3.79. The summed E-state index contributed by atoms with van der Waals surface area (Å²) in [6, 6.07) is 0.939. The third kappa shape index (κ3) is 12.1. The normalized spacial score (nSPS) is 12.9. The van der Waals surface area contributed by atoms with Gasteiger partial charge in [-0.3, -0.25) is 0 Å². The van der Waals surface area contributed by atoms with Crippen LogP contribution in [0.1, 0.15) is 6.42 Å². The van der Waals surface area contributed by atoms with Crippen LogP contribution < -0.4 is 0 Å². The molecule has 0 aliphatic rings. The van der Waals surface area contributed by atoms with E-state index < -0.39 is 8.32 Å². The molecule has 0 saturated heterocycles. The summed E-state index contributed by atoms with van der Waals surface area (Å²) in [6.07, 6.45) is 0.922. The number of methoxy groups -OCH3 is 1. The van der Waals surface area contributed by atoms with Gasteiger partial charge in [0.2, 0.25) is 0 Å². The van der Waals surface area contributed by atoms with E-state index in [9.17, 15) is 0 Å². The second-order valence-corrected chi connectivity index (χ2v) is 7.81. The molecule has 0 fully saturated rings. The quantitative estimate of drug-likeness (QED) is 0.344. The van der Waals surface area contributed by atoms with Crippen LogP contribution in [-0.2, 0) is 14.2 Å². The van der Waals surface area contributed by atoms with Crippen LogP contribution in [0.4, 0.5) is 0 Å². The summed E-state index contributed by atoms with van der Waals surface area (Å²) < 4.78 is 22.1. The van der Waals surface area contributed by atoms with Gasteiger partial charge in [-0.25, -0.2) is 0 Å². The minimum atomic E-state index is -1.73. The molecule has 0 amide bonds. The summed E-state index contributed by atoms with van der Waals surface area (Å²) in [4.78, 5) is 4.68. The lowest BCUT2D eigenvalue weighted by Gasteiger charge is -2.13. The van der Waals surface area contributed by atoms with Gasteiger partial charge in [-0.2, -0.15) is 0 Å². The molecule has 0 atom stereocenters. The first-order valence-electron chi connectivity index (χ1n) is 5.32. The molecule has 0 spiro atoms. The highest BCUT2D eigenvalue weighted by molar-refractivity contribution is 6.69. The van der Waals surface area contributed by atoms with Crippen LogP contribution in [0.15, 0.2) is 0 Å². The molecule has 0 heterocycles. The second kappa shape index (κ2) is 8.37. The Labute approximate surface area is 88.8 Å². The molecular weight excluding hydrogens is 200 g/mol. The first-order valence-corrected chi connectivity index (χ1v) is 8.02. The Kier molecular flexibility index (Phi) is 7.25. The fourth-order valence-electron chi connectivity index (χ4n) is 0.919. The van der Waals surface area contributed by atoms with Gasteiger partial charge in [0, 0.05) is 13.7 Å². The maximum atomic E-state index is 6.88. The number of rotatable bonds is 10. The number of hydrogen-bond acceptors (Lipinski definition) is 4. The Balaban J connectivity index is 3.11. The van der Waals surface area contributed by atoms with E-state index in [1.165, 1.54) is 0 Å². The summed E-state index contributed by atoms with van der Waals surface area (Å²) >= 11 is 0. The molecule has 0 aromatic carbocycles. The summed E-state index contributed by atoms with van der Waals surface area (Å²) in [7, 11) is -0.0959. The van der Waals surface area contributed by atoms with Crippen LogP contribution in [0.3, 0.4) is 0 Å². The van der Waals surface area contributed by atoms with Crippen molar-refractivity contribution in [3.05, 3.63) is 0 Å². The highest BCUT2D eigenvalue weighted by Gasteiger charge is 2.15. The summed E-state index contributed by atoms with van der Waals surface area (Å²) in [5.74, 6) is 0. The van der Waals surface area contributed by atoms with Crippen molar-refractivity contribution < 1.29 is 19.0 Å². The van der Waals surface area contributed by atoms with E-state index in [-0.39, 0.29) is 0 Å². The van der Waals surface area contributed by atoms with Gasteiger partial charge in [0.05, 0.1) is 13.2 Å². The van der Waals surface area contributed by atoms with Crippen molar-refractivity contribution in [3.8, 4) is 0 Å². The highest BCUT2D eigenvalue weighted by Crippen LogP contribution is 2.07. The molecule has 4 nitrogen and oxygen atoms in total. The van der Waals surface area contributed by atoms with Crippen LogP contribution in [0.25, 0.3) is 0 Å². The average molecular weight is 224 g/mol. The lowest BCUT2D eigenvalue weighted by molar-refractivity contribution is -0.0654. The lowest BCUT2D eigenvalue weighted by Crippen LogP contribution is -2.24. The molecular formula is C9H22O4Si. The Hall–Kier alpha value is 0.0569. The monoisotopic (exact) mass is 224 g/mol. The molecule has 0 rings (SSSR count). The first-order chi connectivity index (χ1) is 7.12. The van der Waals surface area contributed by atoms with Gasteiger partial charge >= 0.3 is 0 Å². The van der Waals surface area contributed by atoms with E-state index in [2.05, 4.69) is 4.80 Å². The molecule has 0 aliphatic heterocycles. The van der Waals surface area contributed by atoms with E-state index in [4.69, 9.17) is 15.6 Å². The molecule has 0 aromatic heterocycles. The van der Waals surface area contributed by atoms with Crippen molar-refractivity contribution in [1.29, 1.82) is 1.43 Å². The van der Waals surface area contributed by atoms with Crippen molar-refractivity contribution in [2.75, 3.05) is 33.7 Å². The zero-order valence-electron chi connectivity index (χ0n) is 10.4. The Morgan fingerprint density at radius 1 is 1.21 bits per heavy atom. The van der Waals surface area contributed by atoms with Crippen LogP contribution in [0.5, 0.6) is 0 Å². The topological polar surface area (TPSA) is 47.9 Å². The maximum Gasteiger partial charge on any atom is 0.193 e. The smallest absolute Gasteiger partial charge is 0.193 e. The zero-order valence-corrected chi connectivity index (χ0v) is 10.4. The van der Waals surface area contributed by atoms with E-state index in [1.807, 2.05) is 13.1 Å². The van der Waals surface area contributed by atoms with Crippen molar-refractivity contribution in [1.82, 2.24) is 0 Å². The van der Waals surface area contributed by atoms with Crippen LogP contribution in [0, 0.1) is 0 Å². The fraction of sp³-hybridized carbons (Fsp3) is 1.00. The Morgan fingerprint density at radius 2 is 1.93 bits per heavy atom. The minimum absolute atomic E-state index is 0.313. The van der Waals surface area contributed by atoms with Crippen molar-refractivity contribution in [2.45, 2.75) is 25.6 Å². The van der Waals surface area contributed by atoms with Crippen molar-refractivity contribution in [3.63, 3.8) is 0 Å². The molecule has 1 N–H and O–H groups in total. The summed E-state index contributed by atoms with van der Waals surface area (Å²) in [6.45, 7) is 6.17. The predicted octanol–water partition coefficient (Wildman–Crippen LogP) is 1.21. The van der Waals surface area contributed by atoms with E-state index >= 15 is 0 Å². The van der Waals surface area contributed by atoms with E-state index in [0.717, 1.165) is 12.5 Å². The highest BCUT2D eigenvalue weighted by atomic mass is 28.4. The average Bonchev–Trinajstić information content (AvgIpc) is 2.22. The standard InChI is InChI=1S/C9H22O4Si/c1-11-6-7-13-9-12-5-4-8-14(2,3)10/h10H,4-9H2,1-3H3/i10T. The minimum Gasteiger partial charge on any atom is -0.432 e. The van der Waals surface area contributed by atoms with Gasteiger partial charge < -0.3 is 19.0 Å². The fourth-order valence-corrected chi connectivity index (χ4v) is 1.91. The predicted molar refractivity (Wildman–Crippen MR) is 57.8 cm³/mol. The summed E-state index contributed by atoms with van der Waals surface area (Å²) in [5, 5.41) is 0. The third-order valence-corrected chi connectivity index (χ3v) is 3.22. The van der Waals surface area contributed by atoms with Crippen LogP contribution >= 0.6 is 0 Å². The molecule has 0 unspecified atom stereocenters. The van der Waals surface area contributed by atoms with Crippen molar-refractivity contribution >= 4 is 8.32 Å². The molecule has 0 aromatic rings. The zero-order chi connectivity index (χ0) is 11.6. The molecule has 0 radical (unpaired) electrons. The number of ether oxygens (including phenoxy) is 3. The lowest BCUT2D eigenvalue weighted by atomic mass is 10.5. The number of hydrogen-bond donors (Lipinski definition) is 1. The van der Waals surface area contributed by atoms with Crippen LogP contribution in [0.2, 0.25) is 19.1 Å². The van der Waals surface area contributed by atoms with Gasteiger partial charge in [0.25, 0.3) is 0 Å². The largest absolute Gasteiger partial charge is 0.432 e. The van der Waals surface area contributed by atoms with Crippen molar-refractivity contribution in [2.24, 2.45) is 0 Å². The first kappa shape index (κ1) is 12.1. The molecule has 86 valence electrons. The van der Waals surface area contributed by atoms with E-state index in [0.29, 0.717) is 26.6 Å². The third-order valence-electron chi connectivity index (χ3n) is 1.67. The van der Waals surface area contributed by atoms with Gasteiger partial charge in [-0.05, 0) is 25.6 Å². The molecule has 5 heteroatoms. The van der Waals surface area contributed by atoms with Gasteiger partial charge in [-0.1, -0.05) is 0 Å². The van der Waals surface area contributed by atoms with E-state index in [1.54, 1.807) is 7.11 Å². The molecule has 0 aliphatic carbocycles. The van der Waals surface area contributed by atoms with Gasteiger partial charge in [0.1, 0.15) is 6.79 Å².